The fourth-order valence-electron chi connectivity index (χ4n) is 1.31. The number of hydrogen-bond acceptors (Lipinski definition) is 4. The zero-order chi connectivity index (χ0) is 13.1. The molecular weight excluding hydrogens is 273 g/mol. The number of thiophene rings is 1. The average Bonchev–Trinajstić information content (AvgIpc) is 2.78. The van der Waals surface area contributed by atoms with Gasteiger partial charge in [-0.1, -0.05) is 17.8 Å². The molecule has 90 valence electrons. The molecule has 0 amide bonds. The van der Waals surface area contributed by atoms with Crippen LogP contribution in [0.15, 0.2) is 39.4 Å². The number of aromatic carboxylic acids is 1. The minimum Gasteiger partial charge on any atom is -0.477 e. The number of carboxylic acids is 1. The van der Waals surface area contributed by atoms with Gasteiger partial charge >= 0.3 is 5.97 Å². The third-order valence-corrected chi connectivity index (χ3v) is 4.20. The van der Waals surface area contributed by atoms with Crippen molar-refractivity contribution < 1.29 is 14.3 Å². The zero-order valence-electron chi connectivity index (χ0n) is 8.88. The molecule has 6 heteroatoms. The molecule has 2 rings (SSSR count). The first-order valence-corrected chi connectivity index (χ1v) is 6.49. The van der Waals surface area contributed by atoms with Gasteiger partial charge in [0.25, 0.3) is 0 Å². The van der Waals surface area contributed by atoms with Gasteiger partial charge in [-0.15, -0.1) is 11.3 Å². The summed E-state index contributed by atoms with van der Waals surface area (Å²) in [6.45, 7) is 0. The fourth-order valence-corrected chi connectivity index (χ4v) is 3.15. The van der Waals surface area contributed by atoms with E-state index in [9.17, 15) is 9.18 Å². The monoisotopic (exact) mass is 279 g/mol. The molecule has 1 N–H and O–H groups in total. The molecule has 0 saturated heterocycles. The lowest BCUT2D eigenvalue weighted by atomic mass is 10.2. The molecule has 0 spiro atoms. The van der Waals surface area contributed by atoms with E-state index in [1.807, 2.05) is 0 Å². The molecule has 0 atom stereocenters. The summed E-state index contributed by atoms with van der Waals surface area (Å²) in [5.41, 5.74) is -0.0226. The van der Waals surface area contributed by atoms with Gasteiger partial charge in [-0.25, -0.2) is 9.18 Å². The molecule has 1 aromatic carbocycles. The molecule has 1 aromatic heterocycles. The second-order valence-corrected chi connectivity index (χ2v) is 5.31. The summed E-state index contributed by atoms with van der Waals surface area (Å²) in [6.07, 6.45) is 0. The Morgan fingerprint density at radius 2 is 2.28 bits per heavy atom. The second kappa shape index (κ2) is 5.21. The van der Waals surface area contributed by atoms with Gasteiger partial charge in [-0.2, -0.15) is 5.26 Å². The maximum absolute atomic E-state index is 13.4. The molecule has 0 aliphatic carbocycles. The highest BCUT2D eigenvalue weighted by Crippen LogP contribution is 2.34. The highest BCUT2D eigenvalue weighted by atomic mass is 32.2. The van der Waals surface area contributed by atoms with E-state index in [0.29, 0.717) is 9.79 Å². The molecular formula is C12H6FNO2S2. The van der Waals surface area contributed by atoms with Gasteiger partial charge in [0, 0.05) is 15.2 Å². The van der Waals surface area contributed by atoms with Crippen molar-refractivity contribution in [3.8, 4) is 6.07 Å². The molecule has 1 heterocycles. The van der Waals surface area contributed by atoms with Gasteiger partial charge in [-0.3, -0.25) is 0 Å². The van der Waals surface area contributed by atoms with Crippen molar-refractivity contribution >= 4 is 29.1 Å². The van der Waals surface area contributed by atoms with Crippen molar-refractivity contribution in [2.45, 2.75) is 9.79 Å². The molecule has 0 aliphatic rings. The van der Waals surface area contributed by atoms with Crippen LogP contribution in [0.5, 0.6) is 0 Å². The van der Waals surface area contributed by atoms with Crippen LogP contribution in [0.1, 0.15) is 15.2 Å². The van der Waals surface area contributed by atoms with Crippen LogP contribution in [0.2, 0.25) is 0 Å². The van der Waals surface area contributed by atoms with Crippen LogP contribution in [-0.2, 0) is 0 Å². The Kier molecular flexibility index (Phi) is 3.65. The zero-order valence-corrected chi connectivity index (χ0v) is 10.5. The van der Waals surface area contributed by atoms with E-state index < -0.39 is 11.8 Å². The summed E-state index contributed by atoms with van der Waals surface area (Å²) < 4.78 is 13.4. The maximum atomic E-state index is 13.4. The Morgan fingerprint density at radius 3 is 2.89 bits per heavy atom. The average molecular weight is 279 g/mol. The van der Waals surface area contributed by atoms with Crippen LogP contribution in [0, 0.1) is 17.1 Å². The Hall–Kier alpha value is -1.84. The minimum absolute atomic E-state index is 0.0226. The fraction of sp³-hybridized carbons (Fsp3) is 0. The largest absolute Gasteiger partial charge is 0.477 e. The highest BCUT2D eigenvalue weighted by Gasteiger charge is 2.12. The van der Waals surface area contributed by atoms with Crippen LogP contribution in [0.3, 0.4) is 0 Å². The van der Waals surface area contributed by atoms with E-state index in [4.69, 9.17) is 10.4 Å². The lowest BCUT2D eigenvalue weighted by Gasteiger charge is -2.02. The normalized spacial score (nSPS) is 10.0. The number of nitriles is 1. The van der Waals surface area contributed by atoms with Crippen molar-refractivity contribution in [2.75, 3.05) is 0 Å². The quantitative estimate of drug-likeness (QED) is 0.932. The SMILES string of the molecule is N#Cc1c(F)cccc1Sc1csc(C(=O)O)c1. The number of halogens is 1. The molecule has 18 heavy (non-hydrogen) atoms. The number of carbonyl (C=O) groups is 1. The Bertz CT molecular complexity index is 646. The van der Waals surface area contributed by atoms with Crippen molar-refractivity contribution in [2.24, 2.45) is 0 Å². The first-order valence-electron chi connectivity index (χ1n) is 4.80. The van der Waals surface area contributed by atoms with Gasteiger partial charge < -0.3 is 5.11 Å². The van der Waals surface area contributed by atoms with Gasteiger partial charge in [0.05, 0.1) is 0 Å². The highest BCUT2D eigenvalue weighted by molar-refractivity contribution is 7.99. The molecule has 2 aromatic rings. The molecule has 0 bridgehead atoms. The number of nitrogens with zero attached hydrogens (tertiary/aromatic N) is 1. The summed E-state index contributed by atoms with van der Waals surface area (Å²) in [5, 5.41) is 19.3. The number of rotatable bonds is 3. The topological polar surface area (TPSA) is 61.1 Å². The van der Waals surface area contributed by atoms with Crippen molar-refractivity contribution in [3.05, 3.63) is 45.9 Å². The predicted molar refractivity (Wildman–Crippen MR) is 66.5 cm³/mol. The van der Waals surface area contributed by atoms with Crippen LogP contribution >= 0.6 is 23.1 Å². The van der Waals surface area contributed by atoms with E-state index in [1.165, 1.54) is 30.0 Å². The summed E-state index contributed by atoms with van der Waals surface area (Å²) in [6, 6.07) is 7.68. The molecule has 3 nitrogen and oxygen atoms in total. The summed E-state index contributed by atoms with van der Waals surface area (Å²) in [4.78, 5) is 12.1. The number of carboxylic acid groups (broad SMARTS) is 1. The van der Waals surface area contributed by atoms with Crippen LogP contribution < -0.4 is 0 Å². The lowest BCUT2D eigenvalue weighted by Crippen LogP contribution is -1.90. The molecule has 0 aliphatic heterocycles. The smallest absolute Gasteiger partial charge is 0.345 e. The van der Waals surface area contributed by atoms with Gasteiger partial charge in [-0.05, 0) is 18.2 Å². The Balaban J connectivity index is 2.31. The van der Waals surface area contributed by atoms with E-state index in [0.717, 1.165) is 11.3 Å². The van der Waals surface area contributed by atoms with Gasteiger partial charge in [0.15, 0.2) is 0 Å². The Labute approximate surface area is 110 Å². The predicted octanol–water partition coefficient (Wildman–Crippen LogP) is 3.61. The third-order valence-electron chi connectivity index (χ3n) is 2.10. The first-order chi connectivity index (χ1) is 8.61. The molecule has 0 radical (unpaired) electrons. The van der Waals surface area contributed by atoms with E-state index in [1.54, 1.807) is 17.5 Å². The summed E-state index contributed by atoms with van der Waals surface area (Å²) in [5.74, 6) is -1.57. The van der Waals surface area contributed by atoms with Crippen LogP contribution in [-0.4, -0.2) is 11.1 Å². The van der Waals surface area contributed by atoms with Gasteiger partial charge in [0.1, 0.15) is 22.3 Å². The standard InChI is InChI=1S/C12H6FNO2S2/c13-9-2-1-3-10(8(9)5-14)18-7-4-11(12(15)16)17-6-7/h1-4,6H,(H,15,16). The van der Waals surface area contributed by atoms with Crippen molar-refractivity contribution in [1.82, 2.24) is 0 Å². The second-order valence-electron chi connectivity index (χ2n) is 3.28. The summed E-state index contributed by atoms with van der Waals surface area (Å²) >= 11 is 2.27. The Morgan fingerprint density at radius 1 is 1.50 bits per heavy atom. The lowest BCUT2D eigenvalue weighted by molar-refractivity contribution is 0.0702. The van der Waals surface area contributed by atoms with E-state index >= 15 is 0 Å². The van der Waals surface area contributed by atoms with Crippen LogP contribution in [0.25, 0.3) is 0 Å². The molecule has 0 fully saturated rings. The summed E-state index contributed by atoms with van der Waals surface area (Å²) in [7, 11) is 0. The number of benzene rings is 1. The van der Waals surface area contributed by atoms with E-state index in [-0.39, 0.29) is 10.4 Å². The third kappa shape index (κ3) is 2.53. The van der Waals surface area contributed by atoms with E-state index in [2.05, 4.69) is 0 Å². The maximum Gasteiger partial charge on any atom is 0.345 e. The van der Waals surface area contributed by atoms with Crippen molar-refractivity contribution in [1.29, 1.82) is 5.26 Å². The van der Waals surface area contributed by atoms with Gasteiger partial charge in [0.2, 0.25) is 0 Å². The van der Waals surface area contributed by atoms with Crippen LogP contribution in [0.4, 0.5) is 4.39 Å². The number of hydrogen-bond donors (Lipinski definition) is 1. The molecule has 0 unspecified atom stereocenters. The molecule has 0 saturated carbocycles. The van der Waals surface area contributed by atoms with Crippen molar-refractivity contribution in [3.63, 3.8) is 0 Å². The first kappa shape index (κ1) is 12.6. The minimum atomic E-state index is -0.994.